The summed E-state index contributed by atoms with van der Waals surface area (Å²) in [5.74, 6) is -0.912. The molecule has 20 heavy (non-hydrogen) atoms. The van der Waals surface area contributed by atoms with Gasteiger partial charge in [0.15, 0.2) is 0 Å². The summed E-state index contributed by atoms with van der Waals surface area (Å²) >= 11 is 0. The van der Waals surface area contributed by atoms with Crippen LogP contribution in [0.5, 0.6) is 0 Å². The summed E-state index contributed by atoms with van der Waals surface area (Å²) < 4.78 is 31.4. The molecule has 0 amide bonds. The van der Waals surface area contributed by atoms with Crippen molar-refractivity contribution in [3.05, 3.63) is 0 Å². The topological polar surface area (TPSA) is 83.9 Å². The molecule has 0 aliphatic carbocycles. The molecule has 0 aromatic rings. The summed E-state index contributed by atoms with van der Waals surface area (Å²) in [5.41, 5.74) is 0. The van der Waals surface area contributed by atoms with Gasteiger partial charge < -0.3 is 9.84 Å². The lowest BCUT2D eigenvalue weighted by molar-refractivity contribution is -0.137. The highest BCUT2D eigenvalue weighted by Crippen LogP contribution is 2.24. The number of piperidine rings is 1. The second kappa shape index (κ2) is 7.95. The average molecular weight is 307 g/mol. The predicted molar refractivity (Wildman–Crippen MR) is 76.1 cm³/mol. The number of aliphatic carboxylic acids is 1. The standard InChI is InChI=1S/C13H25NO5S/c1-11(2)19-9-10-20(17,18)14-8-4-3-5-12(14)6-7-13(15)16/h11-12H,3-10H2,1-2H3,(H,15,16). The maximum absolute atomic E-state index is 12.3. The summed E-state index contributed by atoms with van der Waals surface area (Å²) in [7, 11) is -3.36. The Balaban J connectivity index is 2.60. The quantitative estimate of drug-likeness (QED) is 0.734. The van der Waals surface area contributed by atoms with Crippen molar-refractivity contribution in [3.8, 4) is 0 Å². The first-order valence-corrected chi connectivity index (χ1v) is 8.77. The van der Waals surface area contributed by atoms with E-state index in [1.807, 2.05) is 13.8 Å². The highest BCUT2D eigenvalue weighted by atomic mass is 32.2. The second-order valence-corrected chi connectivity index (χ2v) is 7.47. The van der Waals surface area contributed by atoms with E-state index in [9.17, 15) is 13.2 Å². The van der Waals surface area contributed by atoms with Crippen LogP contribution in [0.2, 0.25) is 0 Å². The van der Waals surface area contributed by atoms with E-state index in [1.165, 1.54) is 4.31 Å². The molecule has 0 radical (unpaired) electrons. The largest absolute Gasteiger partial charge is 0.481 e. The van der Waals surface area contributed by atoms with Gasteiger partial charge in [-0.2, -0.15) is 4.31 Å². The Kier molecular flexibility index (Phi) is 6.91. The smallest absolute Gasteiger partial charge is 0.303 e. The number of carbonyl (C=O) groups is 1. The van der Waals surface area contributed by atoms with Gasteiger partial charge in [0.2, 0.25) is 10.0 Å². The van der Waals surface area contributed by atoms with E-state index in [1.54, 1.807) is 0 Å². The number of nitrogens with zero attached hydrogens (tertiary/aromatic N) is 1. The second-order valence-electron chi connectivity index (χ2n) is 5.43. The minimum absolute atomic E-state index is 0.00867. The highest BCUT2D eigenvalue weighted by molar-refractivity contribution is 7.89. The van der Waals surface area contributed by atoms with Crippen molar-refractivity contribution in [2.24, 2.45) is 0 Å². The molecule has 1 rings (SSSR count). The molecule has 1 heterocycles. The van der Waals surface area contributed by atoms with Crippen LogP contribution in [0.15, 0.2) is 0 Å². The number of rotatable bonds is 8. The Hall–Kier alpha value is -0.660. The van der Waals surface area contributed by atoms with Gasteiger partial charge in [-0.15, -0.1) is 0 Å². The van der Waals surface area contributed by atoms with Gasteiger partial charge in [-0.25, -0.2) is 8.42 Å². The number of hydrogen-bond acceptors (Lipinski definition) is 4. The molecule has 6 nitrogen and oxygen atoms in total. The lowest BCUT2D eigenvalue weighted by atomic mass is 10.0. The summed E-state index contributed by atoms with van der Waals surface area (Å²) in [5, 5.41) is 8.75. The van der Waals surface area contributed by atoms with Crippen molar-refractivity contribution >= 4 is 16.0 Å². The van der Waals surface area contributed by atoms with Gasteiger partial charge in [-0.1, -0.05) is 6.42 Å². The molecule has 1 aliphatic rings. The monoisotopic (exact) mass is 307 g/mol. The molecular weight excluding hydrogens is 282 g/mol. The molecule has 7 heteroatoms. The lowest BCUT2D eigenvalue weighted by Gasteiger charge is -2.34. The van der Waals surface area contributed by atoms with Crippen LogP contribution >= 0.6 is 0 Å². The van der Waals surface area contributed by atoms with E-state index in [2.05, 4.69) is 0 Å². The van der Waals surface area contributed by atoms with Crippen LogP contribution in [-0.4, -0.2) is 54.8 Å². The van der Waals surface area contributed by atoms with E-state index in [4.69, 9.17) is 9.84 Å². The van der Waals surface area contributed by atoms with Crippen LogP contribution in [0.3, 0.4) is 0 Å². The number of carboxylic acids is 1. The Morgan fingerprint density at radius 1 is 1.40 bits per heavy atom. The fraction of sp³-hybridized carbons (Fsp3) is 0.923. The summed E-state index contributed by atoms with van der Waals surface area (Å²) in [4.78, 5) is 10.7. The van der Waals surface area contributed by atoms with Gasteiger partial charge in [-0.05, 0) is 33.1 Å². The first-order chi connectivity index (χ1) is 9.33. The maximum Gasteiger partial charge on any atom is 0.303 e. The van der Waals surface area contributed by atoms with Crippen LogP contribution in [-0.2, 0) is 19.6 Å². The zero-order valence-electron chi connectivity index (χ0n) is 12.2. The van der Waals surface area contributed by atoms with Gasteiger partial charge in [0, 0.05) is 19.0 Å². The normalized spacial score (nSPS) is 21.2. The van der Waals surface area contributed by atoms with E-state index < -0.39 is 16.0 Å². The fourth-order valence-electron chi connectivity index (χ4n) is 2.43. The molecular formula is C13H25NO5S. The summed E-state index contributed by atoms with van der Waals surface area (Å²) in [6.07, 6.45) is 2.96. The van der Waals surface area contributed by atoms with Crippen LogP contribution < -0.4 is 0 Å². The number of carboxylic acid groups (broad SMARTS) is 1. The minimum atomic E-state index is -3.36. The van der Waals surface area contributed by atoms with Crippen molar-refractivity contribution in [1.29, 1.82) is 0 Å². The number of ether oxygens (including phenoxy) is 1. The van der Waals surface area contributed by atoms with Crippen molar-refractivity contribution in [1.82, 2.24) is 4.31 Å². The van der Waals surface area contributed by atoms with E-state index in [-0.39, 0.29) is 30.9 Å². The molecule has 0 aromatic heterocycles. The Morgan fingerprint density at radius 3 is 2.70 bits per heavy atom. The molecule has 1 aliphatic heterocycles. The molecule has 1 atom stereocenters. The molecule has 1 saturated heterocycles. The zero-order chi connectivity index (χ0) is 15.2. The third kappa shape index (κ3) is 5.76. The predicted octanol–water partition coefficient (Wildman–Crippen LogP) is 1.46. The van der Waals surface area contributed by atoms with Crippen molar-refractivity contribution < 1.29 is 23.1 Å². The number of hydrogen-bond donors (Lipinski definition) is 1. The van der Waals surface area contributed by atoms with Gasteiger partial charge in [0.25, 0.3) is 0 Å². The summed E-state index contributed by atoms with van der Waals surface area (Å²) in [6, 6.07) is -0.177. The number of sulfonamides is 1. The minimum Gasteiger partial charge on any atom is -0.481 e. The molecule has 0 saturated carbocycles. The van der Waals surface area contributed by atoms with Crippen LogP contribution in [0.4, 0.5) is 0 Å². The third-order valence-corrected chi connectivity index (χ3v) is 5.29. The zero-order valence-corrected chi connectivity index (χ0v) is 13.1. The van der Waals surface area contributed by atoms with Crippen LogP contribution in [0.1, 0.15) is 46.0 Å². The van der Waals surface area contributed by atoms with Gasteiger partial charge >= 0.3 is 5.97 Å². The fourth-order valence-corrected chi connectivity index (χ4v) is 4.04. The van der Waals surface area contributed by atoms with Gasteiger partial charge in [0.05, 0.1) is 18.5 Å². The highest BCUT2D eigenvalue weighted by Gasteiger charge is 2.32. The third-order valence-electron chi connectivity index (χ3n) is 3.41. The van der Waals surface area contributed by atoms with E-state index in [0.717, 1.165) is 19.3 Å². The van der Waals surface area contributed by atoms with Crippen LogP contribution in [0.25, 0.3) is 0 Å². The maximum atomic E-state index is 12.3. The molecule has 0 bridgehead atoms. The first-order valence-electron chi connectivity index (χ1n) is 7.16. The SMILES string of the molecule is CC(C)OCCS(=O)(=O)N1CCCCC1CCC(=O)O. The lowest BCUT2D eigenvalue weighted by Crippen LogP contribution is -2.45. The van der Waals surface area contributed by atoms with Crippen LogP contribution in [0, 0.1) is 0 Å². The first kappa shape index (κ1) is 17.4. The van der Waals surface area contributed by atoms with Crippen molar-refractivity contribution in [2.75, 3.05) is 18.9 Å². The van der Waals surface area contributed by atoms with E-state index >= 15 is 0 Å². The Labute approximate surface area is 121 Å². The Bertz CT molecular complexity index is 407. The molecule has 1 N–H and O–H groups in total. The van der Waals surface area contributed by atoms with Crippen molar-refractivity contribution in [3.63, 3.8) is 0 Å². The van der Waals surface area contributed by atoms with Crippen molar-refractivity contribution in [2.45, 2.75) is 58.1 Å². The molecule has 118 valence electrons. The Morgan fingerprint density at radius 2 is 2.10 bits per heavy atom. The van der Waals surface area contributed by atoms with E-state index in [0.29, 0.717) is 13.0 Å². The average Bonchev–Trinajstić information content (AvgIpc) is 2.36. The summed E-state index contributed by atoms with van der Waals surface area (Å²) in [6.45, 7) is 4.41. The molecule has 1 unspecified atom stereocenters. The molecule has 0 spiro atoms. The van der Waals surface area contributed by atoms with Gasteiger partial charge in [0.1, 0.15) is 0 Å². The molecule has 0 aromatic carbocycles. The molecule has 1 fully saturated rings. The van der Waals surface area contributed by atoms with Gasteiger partial charge in [-0.3, -0.25) is 4.79 Å².